The highest BCUT2D eigenvalue weighted by Gasteiger charge is 2.20. The van der Waals surface area contributed by atoms with Crippen molar-refractivity contribution in [3.8, 4) is 17.0 Å². The summed E-state index contributed by atoms with van der Waals surface area (Å²) in [6.45, 7) is 3.78. The first-order valence-corrected chi connectivity index (χ1v) is 12.8. The summed E-state index contributed by atoms with van der Waals surface area (Å²) < 4.78 is 29.0. The number of nitrogens with one attached hydrogen (secondary N) is 2. The van der Waals surface area contributed by atoms with Crippen molar-refractivity contribution in [2.75, 3.05) is 10.0 Å². The fourth-order valence-electron chi connectivity index (χ4n) is 3.96. The van der Waals surface area contributed by atoms with E-state index in [0.717, 1.165) is 22.0 Å². The van der Waals surface area contributed by atoms with Crippen LogP contribution in [0.2, 0.25) is 0 Å². The second-order valence-corrected chi connectivity index (χ2v) is 10.2. The van der Waals surface area contributed by atoms with Gasteiger partial charge in [-0.1, -0.05) is 54.1 Å². The number of fused-ring (bicyclic) bond motifs is 1. The smallest absolute Gasteiger partial charge is 0.262 e. The van der Waals surface area contributed by atoms with Crippen molar-refractivity contribution in [3.63, 3.8) is 0 Å². The highest BCUT2D eigenvalue weighted by atomic mass is 32.2. The van der Waals surface area contributed by atoms with Crippen LogP contribution in [0.1, 0.15) is 11.1 Å². The van der Waals surface area contributed by atoms with Crippen LogP contribution in [-0.4, -0.2) is 23.7 Å². The quantitative estimate of drug-likeness (QED) is 0.243. The SMILES string of the molecule is Cc1ccc(Nc2nnc(-c3ccc(C)c(S(=O)(=O)Nc4ccc(O)cc4)c3)c3ccccc23)cc1. The number of anilines is 3. The molecular formula is C28H24N4O3S. The van der Waals surface area contributed by atoms with Crippen molar-refractivity contribution in [2.45, 2.75) is 18.7 Å². The van der Waals surface area contributed by atoms with Gasteiger partial charge in [0.2, 0.25) is 0 Å². The van der Waals surface area contributed by atoms with Crippen LogP contribution < -0.4 is 10.0 Å². The van der Waals surface area contributed by atoms with Crippen molar-refractivity contribution < 1.29 is 13.5 Å². The van der Waals surface area contributed by atoms with Crippen molar-refractivity contribution in [2.24, 2.45) is 0 Å². The van der Waals surface area contributed by atoms with Crippen LogP contribution in [0, 0.1) is 13.8 Å². The Bertz CT molecular complexity index is 1670. The van der Waals surface area contributed by atoms with Crippen molar-refractivity contribution >= 4 is 38.0 Å². The molecule has 36 heavy (non-hydrogen) atoms. The molecule has 0 bridgehead atoms. The molecule has 8 heteroatoms. The van der Waals surface area contributed by atoms with E-state index in [1.165, 1.54) is 24.3 Å². The van der Waals surface area contributed by atoms with Gasteiger partial charge in [-0.3, -0.25) is 4.72 Å². The van der Waals surface area contributed by atoms with E-state index in [0.29, 0.717) is 28.3 Å². The number of phenolic OH excluding ortho intramolecular Hbond substituents is 1. The molecule has 7 nitrogen and oxygen atoms in total. The maximum atomic E-state index is 13.2. The number of hydrogen-bond donors (Lipinski definition) is 3. The first-order chi connectivity index (χ1) is 17.3. The lowest BCUT2D eigenvalue weighted by atomic mass is 10.0. The number of nitrogens with zero attached hydrogens (tertiary/aromatic N) is 2. The molecule has 0 saturated carbocycles. The number of aromatic hydroxyl groups is 1. The molecule has 4 aromatic carbocycles. The van der Waals surface area contributed by atoms with Crippen LogP contribution in [0.3, 0.4) is 0 Å². The van der Waals surface area contributed by atoms with E-state index in [2.05, 4.69) is 20.2 Å². The molecule has 0 atom stereocenters. The fourth-order valence-corrected chi connectivity index (χ4v) is 5.29. The van der Waals surface area contributed by atoms with Gasteiger partial charge in [-0.15, -0.1) is 10.2 Å². The van der Waals surface area contributed by atoms with Gasteiger partial charge in [-0.05, 0) is 61.9 Å². The Morgan fingerprint density at radius 1 is 0.750 bits per heavy atom. The van der Waals surface area contributed by atoms with Gasteiger partial charge in [0.15, 0.2) is 5.82 Å². The number of benzene rings is 4. The third kappa shape index (κ3) is 4.71. The molecule has 180 valence electrons. The van der Waals surface area contributed by atoms with Crippen LogP contribution >= 0.6 is 0 Å². The Morgan fingerprint density at radius 3 is 2.14 bits per heavy atom. The zero-order valence-corrected chi connectivity index (χ0v) is 20.5. The van der Waals surface area contributed by atoms with Crippen LogP contribution in [0.5, 0.6) is 5.75 Å². The summed E-state index contributed by atoms with van der Waals surface area (Å²) in [5, 5.41) is 23.5. The summed E-state index contributed by atoms with van der Waals surface area (Å²) in [5.74, 6) is 0.675. The predicted octanol–water partition coefficient (Wildman–Crippen LogP) is 6.16. The highest BCUT2D eigenvalue weighted by Crippen LogP contribution is 2.33. The molecule has 3 N–H and O–H groups in total. The topological polar surface area (TPSA) is 104 Å². The van der Waals surface area contributed by atoms with Gasteiger partial charge in [-0.2, -0.15) is 0 Å². The van der Waals surface area contributed by atoms with E-state index in [1.54, 1.807) is 19.1 Å². The molecule has 0 aliphatic rings. The number of aryl methyl sites for hydroxylation is 2. The van der Waals surface area contributed by atoms with Gasteiger partial charge in [0, 0.05) is 27.7 Å². The van der Waals surface area contributed by atoms with Gasteiger partial charge in [0.05, 0.1) is 4.90 Å². The maximum absolute atomic E-state index is 13.2. The second kappa shape index (κ2) is 9.31. The fraction of sp³-hybridized carbons (Fsp3) is 0.0714. The van der Waals surface area contributed by atoms with Gasteiger partial charge in [0.1, 0.15) is 11.4 Å². The third-order valence-corrected chi connectivity index (χ3v) is 7.40. The molecule has 0 spiro atoms. The largest absolute Gasteiger partial charge is 0.508 e. The Labute approximate surface area is 209 Å². The first kappa shape index (κ1) is 23.3. The van der Waals surface area contributed by atoms with Gasteiger partial charge in [0.25, 0.3) is 10.0 Å². The monoisotopic (exact) mass is 496 g/mol. The zero-order valence-electron chi connectivity index (χ0n) is 19.7. The normalized spacial score (nSPS) is 11.4. The Balaban J connectivity index is 1.55. The van der Waals surface area contributed by atoms with E-state index in [9.17, 15) is 13.5 Å². The lowest BCUT2D eigenvalue weighted by Gasteiger charge is -2.14. The van der Waals surface area contributed by atoms with Gasteiger partial charge >= 0.3 is 0 Å². The summed E-state index contributed by atoms with van der Waals surface area (Å²) in [4.78, 5) is 0.140. The van der Waals surface area contributed by atoms with Crippen molar-refractivity contribution in [1.29, 1.82) is 0 Å². The number of phenols is 1. The minimum Gasteiger partial charge on any atom is -0.508 e. The maximum Gasteiger partial charge on any atom is 0.262 e. The summed E-state index contributed by atoms with van der Waals surface area (Å²) in [7, 11) is -3.89. The minimum atomic E-state index is -3.89. The van der Waals surface area contributed by atoms with Gasteiger partial charge in [-0.25, -0.2) is 8.42 Å². The molecule has 0 amide bonds. The Hall–Kier alpha value is -4.43. The zero-order chi connectivity index (χ0) is 25.3. The van der Waals surface area contributed by atoms with Crippen LogP contribution in [0.15, 0.2) is 95.9 Å². The van der Waals surface area contributed by atoms with Gasteiger partial charge < -0.3 is 10.4 Å². The summed E-state index contributed by atoms with van der Waals surface area (Å²) in [6.07, 6.45) is 0. The molecule has 0 saturated heterocycles. The highest BCUT2D eigenvalue weighted by molar-refractivity contribution is 7.92. The molecule has 0 unspecified atom stereocenters. The molecular weight excluding hydrogens is 472 g/mol. The summed E-state index contributed by atoms with van der Waals surface area (Å²) in [6, 6.07) is 26.8. The molecule has 1 aromatic heterocycles. The van der Waals surface area contributed by atoms with Crippen molar-refractivity contribution in [1.82, 2.24) is 10.2 Å². The van der Waals surface area contributed by atoms with E-state index < -0.39 is 10.0 Å². The third-order valence-electron chi connectivity index (χ3n) is 5.87. The van der Waals surface area contributed by atoms with Crippen LogP contribution in [0.4, 0.5) is 17.2 Å². The lowest BCUT2D eigenvalue weighted by molar-refractivity contribution is 0.475. The molecule has 5 aromatic rings. The summed E-state index contributed by atoms with van der Waals surface area (Å²) >= 11 is 0. The van der Waals surface area contributed by atoms with E-state index in [4.69, 9.17) is 0 Å². The average molecular weight is 497 g/mol. The van der Waals surface area contributed by atoms with Crippen LogP contribution in [-0.2, 0) is 10.0 Å². The van der Waals surface area contributed by atoms with Crippen LogP contribution in [0.25, 0.3) is 22.0 Å². The molecule has 0 aliphatic heterocycles. The van der Waals surface area contributed by atoms with E-state index in [-0.39, 0.29) is 10.6 Å². The number of sulfonamides is 1. The first-order valence-electron chi connectivity index (χ1n) is 11.3. The molecule has 1 heterocycles. The molecule has 0 aliphatic carbocycles. The number of aromatic nitrogens is 2. The summed E-state index contributed by atoms with van der Waals surface area (Å²) in [5.41, 5.74) is 4.24. The number of hydrogen-bond acceptors (Lipinski definition) is 6. The number of rotatable bonds is 6. The van der Waals surface area contributed by atoms with E-state index >= 15 is 0 Å². The van der Waals surface area contributed by atoms with E-state index in [1.807, 2.05) is 61.5 Å². The molecule has 0 fully saturated rings. The molecule has 5 rings (SSSR count). The minimum absolute atomic E-state index is 0.0573. The molecule has 0 radical (unpaired) electrons. The Morgan fingerprint density at radius 2 is 1.42 bits per heavy atom. The average Bonchev–Trinajstić information content (AvgIpc) is 2.87. The second-order valence-electron chi connectivity index (χ2n) is 8.57. The standard InChI is InChI=1S/C28H24N4O3S/c1-18-7-11-21(12-8-18)29-28-25-6-4-3-5-24(25)27(30-31-28)20-10-9-19(2)26(17-20)36(34,35)32-22-13-15-23(33)16-14-22/h3-17,32-33H,1-2H3,(H,29,31). The Kier molecular flexibility index (Phi) is 6.03. The lowest BCUT2D eigenvalue weighted by Crippen LogP contribution is -2.14. The van der Waals surface area contributed by atoms with Crippen molar-refractivity contribution in [3.05, 3.63) is 102 Å². The predicted molar refractivity (Wildman–Crippen MR) is 143 cm³/mol.